The normalized spacial score (nSPS) is 20.6. The molecule has 132 valence electrons. The largest absolute Gasteiger partial charge is 0.391 e. The van der Waals surface area contributed by atoms with Crippen molar-refractivity contribution >= 4 is 17.5 Å². The Balaban J connectivity index is 1.76. The van der Waals surface area contributed by atoms with Crippen molar-refractivity contribution in [3.63, 3.8) is 0 Å². The zero-order valence-electron chi connectivity index (χ0n) is 14.3. The van der Waals surface area contributed by atoms with Gasteiger partial charge in [-0.1, -0.05) is 54.1 Å². The Morgan fingerprint density at radius 1 is 1.16 bits per heavy atom. The van der Waals surface area contributed by atoms with Crippen molar-refractivity contribution in [3.8, 4) is 11.1 Å². The fraction of sp³-hybridized carbons (Fsp3) is 0.350. The van der Waals surface area contributed by atoms with Crippen LogP contribution in [0.2, 0.25) is 5.02 Å². The maximum Gasteiger partial charge on any atom is 0.220 e. The van der Waals surface area contributed by atoms with Crippen LogP contribution in [0.4, 0.5) is 0 Å². The number of likely N-dealkylation sites (tertiary alicyclic amines) is 1. The Kier molecular flexibility index (Phi) is 5.74. The Morgan fingerprint density at radius 3 is 2.56 bits per heavy atom. The van der Waals surface area contributed by atoms with Gasteiger partial charge in [0.1, 0.15) is 0 Å². The highest BCUT2D eigenvalue weighted by Crippen LogP contribution is 2.32. The highest BCUT2D eigenvalue weighted by Gasteiger charge is 2.32. The van der Waals surface area contributed by atoms with Crippen molar-refractivity contribution in [2.24, 2.45) is 5.92 Å². The minimum Gasteiger partial charge on any atom is -0.391 e. The molecule has 1 aliphatic heterocycles. The molecule has 0 aromatic heterocycles. The molecule has 4 nitrogen and oxygen atoms in total. The van der Waals surface area contributed by atoms with E-state index in [-0.39, 0.29) is 11.8 Å². The summed E-state index contributed by atoms with van der Waals surface area (Å²) in [6, 6.07) is 16.0. The smallest absolute Gasteiger partial charge is 0.220 e. The van der Waals surface area contributed by atoms with E-state index in [9.17, 15) is 9.90 Å². The van der Waals surface area contributed by atoms with Gasteiger partial charge in [0, 0.05) is 49.6 Å². The number of hydrogen-bond acceptors (Lipinski definition) is 3. The summed E-state index contributed by atoms with van der Waals surface area (Å²) in [6.45, 7) is 2.02. The number of amides is 1. The van der Waals surface area contributed by atoms with E-state index in [1.54, 1.807) is 7.05 Å². The Hall–Kier alpha value is -1.88. The van der Waals surface area contributed by atoms with Crippen LogP contribution < -0.4 is 5.32 Å². The molecule has 2 atom stereocenters. The van der Waals surface area contributed by atoms with E-state index in [0.29, 0.717) is 19.5 Å². The van der Waals surface area contributed by atoms with Gasteiger partial charge in [0.2, 0.25) is 5.91 Å². The lowest BCUT2D eigenvalue weighted by atomic mass is 9.99. The minimum atomic E-state index is -0.468. The molecule has 0 bridgehead atoms. The Labute approximate surface area is 153 Å². The molecule has 2 aromatic rings. The van der Waals surface area contributed by atoms with E-state index >= 15 is 0 Å². The van der Waals surface area contributed by atoms with Gasteiger partial charge in [-0.15, -0.1) is 0 Å². The number of aliphatic hydroxyl groups excluding tert-OH is 1. The van der Waals surface area contributed by atoms with Crippen LogP contribution in [-0.4, -0.2) is 42.2 Å². The second-order valence-electron chi connectivity index (χ2n) is 6.54. The van der Waals surface area contributed by atoms with Crippen molar-refractivity contribution in [1.82, 2.24) is 10.2 Å². The summed E-state index contributed by atoms with van der Waals surface area (Å²) in [5.74, 6) is -0.0465. The zero-order chi connectivity index (χ0) is 17.8. The van der Waals surface area contributed by atoms with Crippen molar-refractivity contribution < 1.29 is 9.90 Å². The van der Waals surface area contributed by atoms with Gasteiger partial charge < -0.3 is 10.4 Å². The van der Waals surface area contributed by atoms with Crippen LogP contribution >= 0.6 is 11.6 Å². The third-order valence-electron chi connectivity index (χ3n) is 4.78. The quantitative estimate of drug-likeness (QED) is 0.864. The number of benzene rings is 2. The molecule has 2 N–H and O–H groups in total. The molecular weight excluding hydrogens is 336 g/mol. The van der Waals surface area contributed by atoms with E-state index in [4.69, 9.17) is 11.6 Å². The topological polar surface area (TPSA) is 52.6 Å². The molecule has 0 unspecified atom stereocenters. The minimum absolute atomic E-state index is 0.0209. The SMILES string of the molecule is CNC(=O)C[C@@H]1CN(Cc2ccccc2-c2ccccc2Cl)C[C@H]1O. The standard InChI is InChI=1S/C20H23ClN2O2/c1-22-20(25)10-15-12-23(13-19(15)24)11-14-6-2-3-7-16(14)17-8-4-5-9-18(17)21/h2-9,15,19,24H,10-13H2,1H3,(H,22,25)/t15-,19-/m1/s1. The van der Waals surface area contributed by atoms with E-state index in [2.05, 4.69) is 22.3 Å². The first-order chi connectivity index (χ1) is 12.1. The van der Waals surface area contributed by atoms with Crippen LogP contribution in [0.5, 0.6) is 0 Å². The lowest BCUT2D eigenvalue weighted by Crippen LogP contribution is -2.27. The van der Waals surface area contributed by atoms with Crippen molar-refractivity contribution in [1.29, 1.82) is 0 Å². The number of aliphatic hydroxyl groups is 1. The summed E-state index contributed by atoms with van der Waals surface area (Å²) in [4.78, 5) is 13.8. The molecule has 1 amide bonds. The lowest BCUT2D eigenvalue weighted by Gasteiger charge is -2.18. The summed E-state index contributed by atoms with van der Waals surface area (Å²) >= 11 is 6.37. The molecule has 0 spiro atoms. The summed E-state index contributed by atoms with van der Waals surface area (Å²) in [7, 11) is 1.63. The first-order valence-electron chi connectivity index (χ1n) is 8.52. The monoisotopic (exact) mass is 358 g/mol. The van der Waals surface area contributed by atoms with E-state index in [0.717, 1.165) is 22.7 Å². The van der Waals surface area contributed by atoms with Crippen LogP contribution in [0.3, 0.4) is 0 Å². The first-order valence-corrected chi connectivity index (χ1v) is 8.90. The highest BCUT2D eigenvalue weighted by atomic mass is 35.5. The fourth-order valence-electron chi connectivity index (χ4n) is 3.45. The molecule has 1 aliphatic rings. The predicted molar refractivity (Wildman–Crippen MR) is 100 cm³/mol. The van der Waals surface area contributed by atoms with Crippen molar-refractivity contribution in [2.45, 2.75) is 19.1 Å². The Bertz CT molecular complexity index is 750. The maximum atomic E-state index is 11.6. The summed E-state index contributed by atoms with van der Waals surface area (Å²) in [5.41, 5.74) is 3.29. The molecular formula is C20H23ClN2O2. The second-order valence-corrected chi connectivity index (χ2v) is 6.94. The van der Waals surface area contributed by atoms with Crippen LogP contribution in [0.15, 0.2) is 48.5 Å². The lowest BCUT2D eigenvalue weighted by molar-refractivity contribution is -0.122. The third-order valence-corrected chi connectivity index (χ3v) is 5.11. The number of rotatable bonds is 5. The molecule has 2 aromatic carbocycles. The summed E-state index contributed by atoms with van der Waals surface area (Å²) in [6.07, 6.45) is -0.106. The maximum absolute atomic E-state index is 11.6. The number of nitrogens with zero attached hydrogens (tertiary/aromatic N) is 1. The number of hydrogen-bond donors (Lipinski definition) is 2. The molecule has 1 fully saturated rings. The molecule has 1 heterocycles. The zero-order valence-corrected chi connectivity index (χ0v) is 15.0. The highest BCUT2D eigenvalue weighted by molar-refractivity contribution is 6.33. The van der Waals surface area contributed by atoms with Gasteiger partial charge in [0.05, 0.1) is 6.10 Å². The van der Waals surface area contributed by atoms with Crippen LogP contribution in [0, 0.1) is 5.92 Å². The molecule has 0 saturated carbocycles. The first kappa shape index (κ1) is 17.9. The van der Waals surface area contributed by atoms with Crippen molar-refractivity contribution in [3.05, 3.63) is 59.1 Å². The average Bonchev–Trinajstić information content (AvgIpc) is 2.95. The number of β-amino-alcohol motifs (C(OH)–C–C–N with tert-alkyl or cyclic N) is 1. The van der Waals surface area contributed by atoms with Gasteiger partial charge in [-0.05, 0) is 17.2 Å². The molecule has 0 aliphatic carbocycles. The van der Waals surface area contributed by atoms with E-state index in [1.165, 1.54) is 5.56 Å². The fourth-order valence-corrected chi connectivity index (χ4v) is 3.69. The van der Waals surface area contributed by atoms with Gasteiger partial charge in [0.15, 0.2) is 0 Å². The molecule has 1 saturated heterocycles. The third kappa shape index (κ3) is 4.21. The Morgan fingerprint density at radius 2 is 1.84 bits per heavy atom. The molecule has 0 radical (unpaired) electrons. The van der Waals surface area contributed by atoms with Gasteiger partial charge in [-0.25, -0.2) is 0 Å². The van der Waals surface area contributed by atoms with Crippen molar-refractivity contribution in [2.75, 3.05) is 20.1 Å². The summed E-state index contributed by atoms with van der Waals surface area (Å²) < 4.78 is 0. The van der Waals surface area contributed by atoms with E-state index < -0.39 is 6.10 Å². The molecule has 25 heavy (non-hydrogen) atoms. The number of carbonyl (C=O) groups is 1. The van der Waals surface area contributed by atoms with Crippen LogP contribution in [-0.2, 0) is 11.3 Å². The molecule has 3 rings (SSSR count). The second kappa shape index (κ2) is 8.00. The number of halogens is 1. The molecule has 5 heteroatoms. The number of carbonyl (C=O) groups excluding carboxylic acids is 1. The summed E-state index contributed by atoms with van der Waals surface area (Å²) in [5, 5.41) is 13.6. The number of nitrogens with one attached hydrogen (secondary N) is 1. The van der Waals surface area contributed by atoms with Gasteiger partial charge in [-0.3, -0.25) is 9.69 Å². The van der Waals surface area contributed by atoms with Crippen LogP contribution in [0.25, 0.3) is 11.1 Å². The average molecular weight is 359 g/mol. The van der Waals surface area contributed by atoms with Gasteiger partial charge in [-0.2, -0.15) is 0 Å². The van der Waals surface area contributed by atoms with E-state index in [1.807, 2.05) is 36.4 Å². The van der Waals surface area contributed by atoms with Gasteiger partial charge in [0.25, 0.3) is 0 Å². The van der Waals surface area contributed by atoms with Gasteiger partial charge >= 0.3 is 0 Å². The predicted octanol–water partition coefficient (Wildman–Crippen LogP) is 2.94. The van der Waals surface area contributed by atoms with Crippen LogP contribution in [0.1, 0.15) is 12.0 Å².